The summed E-state index contributed by atoms with van der Waals surface area (Å²) in [7, 11) is 2.21. The van der Waals surface area contributed by atoms with E-state index in [1.807, 2.05) is 0 Å². The maximum atomic E-state index is 6.01. The van der Waals surface area contributed by atoms with Crippen molar-refractivity contribution in [1.29, 1.82) is 0 Å². The summed E-state index contributed by atoms with van der Waals surface area (Å²) < 4.78 is 5.92. The molecule has 0 aliphatic heterocycles. The summed E-state index contributed by atoms with van der Waals surface area (Å²) in [6.45, 7) is 5.06. The Morgan fingerprint density at radius 2 is 1.95 bits per heavy atom. The minimum Gasteiger partial charge on any atom is -0.464 e. The van der Waals surface area contributed by atoms with Crippen molar-refractivity contribution in [1.82, 2.24) is 4.90 Å². The lowest BCUT2D eigenvalue weighted by molar-refractivity contribution is 0.110. The molecule has 0 bridgehead atoms. The Morgan fingerprint density at radius 1 is 1.25 bits per heavy atom. The molecule has 114 valence electrons. The van der Waals surface area contributed by atoms with E-state index in [1.54, 1.807) is 0 Å². The molecule has 1 heterocycles. The van der Waals surface area contributed by atoms with Crippen LogP contribution in [0.25, 0.3) is 0 Å². The van der Waals surface area contributed by atoms with Crippen LogP contribution in [0.4, 0.5) is 0 Å². The molecule has 0 aromatic carbocycles. The molecule has 3 heteroatoms. The number of likely N-dealkylation sites (N-methyl/N-ethyl adjacent to an activating group) is 1. The van der Waals surface area contributed by atoms with Crippen LogP contribution in [0, 0.1) is 5.92 Å². The second-order valence-corrected chi connectivity index (χ2v) is 6.16. The molecule has 1 saturated carbocycles. The van der Waals surface area contributed by atoms with Crippen LogP contribution in [0.2, 0.25) is 0 Å². The van der Waals surface area contributed by atoms with Gasteiger partial charge < -0.3 is 10.2 Å². The first kappa shape index (κ1) is 15.6. The lowest BCUT2D eigenvalue weighted by Crippen LogP contribution is -2.40. The van der Waals surface area contributed by atoms with Crippen LogP contribution in [-0.4, -0.2) is 24.5 Å². The average Bonchev–Trinajstić information content (AvgIpc) is 2.96. The maximum absolute atomic E-state index is 6.01. The highest BCUT2D eigenvalue weighted by Gasteiger charge is 2.28. The molecule has 1 atom stereocenters. The van der Waals surface area contributed by atoms with E-state index in [2.05, 4.69) is 37.9 Å². The van der Waals surface area contributed by atoms with Gasteiger partial charge in [0, 0.05) is 19.0 Å². The number of nitrogens with zero attached hydrogens (tertiary/aromatic N) is 1. The van der Waals surface area contributed by atoms with E-state index in [4.69, 9.17) is 10.2 Å². The molecule has 0 radical (unpaired) electrons. The monoisotopic (exact) mass is 278 g/mol. The van der Waals surface area contributed by atoms with E-state index in [9.17, 15) is 0 Å². The average molecular weight is 278 g/mol. The van der Waals surface area contributed by atoms with Gasteiger partial charge in [0.25, 0.3) is 0 Å². The molecule has 1 aromatic heterocycles. The quantitative estimate of drug-likeness (QED) is 0.862. The van der Waals surface area contributed by atoms with Gasteiger partial charge in [0.1, 0.15) is 11.5 Å². The van der Waals surface area contributed by atoms with Crippen molar-refractivity contribution in [2.75, 3.05) is 13.6 Å². The molecule has 2 N–H and O–H groups in total. The summed E-state index contributed by atoms with van der Waals surface area (Å²) in [5.41, 5.74) is 6.01. The van der Waals surface area contributed by atoms with Gasteiger partial charge in [-0.2, -0.15) is 0 Å². The molecule has 1 aliphatic carbocycles. The number of hydrogen-bond acceptors (Lipinski definition) is 3. The Hall–Kier alpha value is -0.800. The fraction of sp³-hybridized carbons (Fsp3) is 0.765. The molecule has 3 nitrogen and oxygen atoms in total. The summed E-state index contributed by atoms with van der Waals surface area (Å²) in [4.78, 5) is 2.45. The minimum atomic E-state index is 0.221. The van der Waals surface area contributed by atoms with Gasteiger partial charge in [0.05, 0.1) is 6.04 Å². The van der Waals surface area contributed by atoms with E-state index in [0.29, 0.717) is 12.6 Å². The van der Waals surface area contributed by atoms with Gasteiger partial charge in [0.2, 0.25) is 0 Å². The lowest BCUT2D eigenvalue weighted by atomic mass is 9.83. The molecule has 20 heavy (non-hydrogen) atoms. The highest BCUT2D eigenvalue weighted by molar-refractivity contribution is 5.11. The molecule has 0 spiro atoms. The van der Waals surface area contributed by atoms with Crippen LogP contribution in [0.15, 0.2) is 16.5 Å². The summed E-state index contributed by atoms with van der Waals surface area (Å²) in [6.07, 6.45) is 7.60. The Bertz CT molecular complexity index is 393. The van der Waals surface area contributed by atoms with Crippen molar-refractivity contribution in [3.8, 4) is 0 Å². The summed E-state index contributed by atoms with van der Waals surface area (Å²) in [5, 5.41) is 0. The first-order valence-corrected chi connectivity index (χ1v) is 8.20. The largest absolute Gasteiger partial charge is 0.464 e. The molecule has 2 rings (SSSR count). The Kier molecular flexibility index (Phi) is 5.67. The highest BCUT2D eigenvalue weighted by atomic mass is 16.3. The van der Waals surface area contributed by atoms with Crippen LogP contribution in [-0.2, 0) is 6.42 Å². The standard InChI is InChI=1S/C17H30N2O/c1-4-13-6-8-14(9-7-13)19(3)16(12-18)17-11-10-15(5-2)20-17/h10-11,13-14,16H,4-9,12,18H2,1-3H3. The van der Waals surface area contributed by atoms with Crippen LogP contribution in [0.1, 0.15) is 63.5 Å². The molecular weight excluding hydrogens is 248 g/mol. The first-order valence-electron chi connectivity index (χ1n) is 8.20. The zero-order valence-corrected chi connectivity index (χ0v) is 13.3. The van der Waals surface area contributed by atoms with Gasteiger partial charge in [-0.25, -0.2) is 0 Å². The van der Waals surface area contributed by atoms with Gasteiger partial charge in [-0.15, -0.1) is 0 Å². The number of nitrogens with two attached hydrogens (primary N) is 1. The summed E-state index contributed by atoms with van der Waals surface area (Å²) in [6, 6.07) is 5.06. The number of furan rings is 1. The van der Waals surface area contributed by atoms with E-state index >= 15 is 0 Å². The van der Waals surface area contributed by atoms with E-state index < -0.39 is 0 Å². The summed E-state index contributed by atoms with van der Waals surface area (Å²) in [5.74, 6) is 3.03. The van der Waals surface area contributed by atoms with Crippen molar-refractivity contribution in [3.05, 3.63) is 23.7 Å². The Labute approximate surface area is 123 Å². The Morgan fingerprint density at radius 3 is 2.45 bits per heavy atom. The van der Waals surface area contributed by atoms with Crippen LogP contribution < -0.4 is 5.73 Å². The topological polar surface area (TPSA) is 42.4 Å². The van der Waals surface area contributed by atoms with Crippen LogP contribution in [0.5, 0.6) is 0 Å². The fourth-order valence-electron chi connectivity index (χ4n) is 3.46. The zero-order valence-electron chi connectivity index (χ0n) is 13.3. The first-order chi connectivity index (χ1) is 9.69. The van der Waals surface area contributed by atoms with Gasteiger partial charge in [-0.05, 0) is 50.8 Å². The van der Waals surface area contributed by atoms with Gasteiger partial charge in [0.15, 0.2) is 0 Å². The van der Waals surface area contributed by atoms with Gasteiger partial charge in [-0.1, -0.05) is 20.3 Å². The van der Waals surface area contributed by atoms with Crippen molar-refractivity contribution < 1.29 is 4.42 Å². The number of rotatable bonds is 6. The third-order valence-electron chi connectivity index (χ3n) is 5.04. The van der Waals surface area contributed by atoms with Gasteiger partial charge >= 0.3 is 0 Å². The normalized spacial score (nSPS) is 25.1. The predicted octanol–water partition coefficient (Wildman–Crippen LogP) is 3.74. The number of hydrogen-bond donors (Lipinski definition) is 1. The highest BCUT2D eigenvalue weighted by Crippen LogP contribution is 2.33. The predicted molar refractivity (Wildman–Crippen MR) is 83.7 cm³/mol. The molecule has 1 fully saturated rings. The maximum Gasteiger partial charge on any atom is 0.122 e. The third-order valence-corrected chi connectivity index (χ3v) is 5.04. The van der Waals surface area contributed by atoms with Crippen molar-refractivity contribution >= 4 is 0 Å². The second-order valence-electron chi connectivity index (χ2n) is 6.16. The van der Waals surface area contributed by atoms with Crippen LogP contribution >= 0.6 is 0 Å². The molecular formula is C17H30N2O. The van der Waals surface area contributed by atoms with Crippen LogP contribution in [0.3, 0.4) is 0 Å². The third kappa shape index (κ3) is 3.44. The van der Waals surface area contributed by atoms with E-state index in [-0.39, 0.29) is 6.04 Å². The molecule has 1 unspecified atom stereocenters. The molecule has 0 amide bonds. The molecule has 0 saturated heterocycles. The number of aryl methyl sites for hydroxylation is 1. The molecule has 1 aliphatic rings. The lowest BCUT2D eigenvalue weighted by Gasteiger charge is -2.38. The zero-order chi connectivity index (χ0) is 14.5. The molecule has 1 aromatic rings. The summed E-state index contributed by atoms with van der Waals surface area (Å²) >= 11 is 0. The van der Waals surface area contributed by atoms with Crippen molar-refractivity contribution in [2.45, 2.75) is 64.5 Å². The fourth-order valence-corrected chi connectivity index (χ4v) is 3.46. The minimum absolute atomic E-state index is 0.221. The van der Waals surface area contributed by atoms with E-state index in [1.165, 1.54) is 32.1 Å². The second kappa shape index (κ2) is 7.28. The Balaban J connectivity index is 2.00. The van der Waals surface area contributed by atoms with Crippen molar-refractivity contribution in [2.24, 2.45) is 11.7 Å². The smallest absolute Gasteiger partial charge is 0.122 e. The van der Waals surface area contributed by atoms with Gasteiger partial charge in [-0.3, -0.25) is 4.90 Å². The van der Waals surface area contributed by atoms with E-state index in [0.717, 1.165) is 23.9 Å². The van der Waals surface area contributed by atoms with Crippen molar-refractivity contribution in [3.63, 3.8) is 0 Å². The SMILES string of the molecule is CCc1ccc(C(CN)N(C)C2CCC(CC)CC2)o1.